The number of rotatable bonds is 6. The van der Waals surface area contributed by atoms with Crippen molar-refractivity contribution in [2.45, 2.75) is 54.3 Å². The van der Waals surface area contributed by atoms with Crippen LogP contribution in [0, 0.1) is 0 Å². The number of hydrogen-bond acceptors (Lipinski definition) is 3. The van der Waals surface area contributed by atoms with Gasteiger partial charge in [-0.2, -0.15) is 0 Å². The molecule has 1 saturated carbocycles. The van der Waals surface area contributed by atoms with Crippen LogP contribution in [0.3, 0.4) is 0 Å². The third-order valence-corrected chi connectivity index (χ3v) is 5.60. The fourth-order valence-electron chi connectivity index (χ4n) is 2.89. The summed E-state index contributed by atoms with van der Waals surface area (Å²) in [4.78, 5) is 1.24. The quantitative estimate of drug-likeness (QED) is 0.784. The third-order valence-electron chi connectivity index (χ3n) is 4.00. The molecule has 1 aromatic rings. The summed E-state index contributed by atoms with van der Waals surface area (Å²) in [6.07, 6.45) is 9.69. The Balaban J connectivity index is 2.10. The van der Waals surface area contributed by atoms with E-state index in [1.54, 1.807) is 6.08 Å². The van der Waals surface area contributed by atoms with Gasteiger partial charge in [0.25, 0.3) is 0 Å². The highest BCUT2D eigenvalue weighted by Gasteiger charge is 2.39. The minimum Gasteiger partial charge on any atom is -0.392 e. The van der Waals surface area contributed by atoms with Crippen molar-refractivity contribution in [3.8, 4) is 0 Å². The molecular weight excluding hydrogens is 268 g/mol. The van der Waals surface area contributed by atoms with E-state index in [-0.39, 0.29) is 17.5 Å². The number of benzene rings is 1. The molecule has 1 aliphatic carbocycles. The van der Waals surface area contributed by atoms with E-state index in [2.05, 4.69) is 24.3 Å². The number of aliphatic hydroxyl groups is 2. The lowest BCUT2D eigenvalue weighted by Crippen LogP contribution is -2.40. The first-order valence-electron chi connectivity index (χ1n) is 7.45. The molecule has 2 rings (SSSR count). The van der Waals surface area contributed by atoms with Crippen molar-refractivity contribution in [1.82, 2.24) is 0 Å². The maximum Gasteiger partial charge on any atom is 0.0724 e. The number of thioether (sulfide) groups is 1. The van der Waals surface area contributed by atoms with Crippen molar-refractivity contribution < 1.29 is 10.2 Å². The Bertz CT molecular complexity index is 410. The zero-order valence-corrected chi connectivity index (χ0v) is 12.7. The first kappa shape index (κ1) is 15.6. The predicted octanol–water partition coefficient (Wildman–Crippen LogP) is 3.78. The summed E-state index contributed by atoms with van der Waals surface area (Å²) in [7, 11) is 0. The highest BCUT2D eigenvalue weighted by Crippen LogP contribution is 2.47. The molecule has 1 aliphatic rings. The van der Waals surface area contributed by atoms with Crippen LogP contribution in [0.15, 0.2) is 47.4 Å². The van der Waals surface area contributed by atoms with Crippen molar-refractivity contribution in [1.29, 1.82) is 0 Å². The first-order chi connectivity index (χ1) is 9.77. The Labute approximate surface area is 125 Å². The Morgan fingerprint density at radius 3 is 2.45 bits per heavy atom. The van der Waals surface area contributed by atoms with Gasteiger partial charge in [0.2, 0.25) is 0 Å². The van der Waals surface area contributed by atoms with E-state index in [0.717, 1.165) is 12.8 Å². The van der Waals surface area contributed by atoms with Gasteiger partial charge in [0.15, 0.2) is 0 Å². The van der Waals surface area contributed by atoms with Crippen LogP contribution in [0.5, 0.6) is 0 Å². The second kappa shape index (κ2) is 7.87. The predicted molar refractivity (Wildman–Crippen MR) is 85.0 cm³/mol. The molecule has 0 amide bonds. The summed E-state index contributed by atoms with van der Waals surface area (Å²) in [6.45, 7) is 0.0472. The van der Waals surface area contributed by atoms with E-state index >= 15 is 0 Å². The second-order valence-electron chi connectivity index (χ2n) is 5.45. The van der Waals surface area contributed by atoms with Gasteiger partial charge in [0.1, 0.15) is 0 Å². The van der Waals surface area contributed by atoms with E-state index in [1.165, 1.54) is 24.2 Å². The average molecular weight is 292 g/mol. The fraction of sp³-hybridized carbons (Fsp3) is 0.529. The van der Waals surface area contributed by atoms with E-state index in [1.807, 2.05) is 23.9 Å². The molecular formula is C17H24O2S. The Morgan fingerprint density at radius 2 is 1.80 bits per heavy atom. The highest BCUT2D eigenvalue weighted by molar-refractivity contribution is 8.00. The lowest BCUT2D eigenvalue weighted by atomic mass is 9.83. The van der Waals surface area contributed by atoms with E-state index in [0.29, 0.717) is 6.42 Å². The Kier molecular flexibility index (Phi) is 6.14. The summed E-state index contributed by atoms with van der Waals surface area (Å²) >= 11 is 1.83. The van der Waals surface area contributed by atoms with Gasteiger partial charge in [-0.3, -0.25) is 0 Å². The molecule has 0 aliphatic heterocycles. The normalized spacial score (nSPS) is 20.1. The highest BCUT2D eigenvalue weighted by atomic mass is 32.2. The molecule has 110 valence electrons. The molecule has 0 saturated heterocycles. The van der Waals surface area contributed by atoms with E-state index in [4.69, 9.17) is 5.11 Å². The van der Waals surface area contributed by atoms with Gasteiger partial charge in [-0.1, -0.05) is 49.6 Å². The molecule has 1 fully saturated rings. The van der Waals surface area contributed by atoms with Gasteiger partial charge in [-0.25, -0.2) is 0 Å². The zero-order valence-electron chi connectivity index (χ0n) is 11.9. The smallest absolute Gasteiger partial charge is 0.0724 e. The largest absolute Gasteiger partial charge is 0.392 e. The zero-order chi connectivity index (χ0) is 14.3. The SMILES string of the molecule is OC/C=C/CC(O)C1(Sc2ccccc2)CCCCC1. The lowest BCUT2D eigenvalue weighted by Gasteiger charge is -2.40. The van der Waals surface area contributed by atoms with Gasteiger partial charge in [0.05, 0.1) is 12.7 Å². The van der Waals surface area contributed by atoms with Crippen molar-refractivity contribution in [3.05, 3.63) is 42.5 Å². The van der Waals surface area contributed by atoms with Crippen LogP contribution >= 0.6 is 11.8 Å². The van der Waals surface area contributed by atoms with Crippen LogP contribution in [0.2, 0.25) is 0 Å². The van der Waals surface area contributed by atoms with Gasteiger partial charge < -0.3 is 10.2 Å². The van der Waals surface area contributed by atoms with Crippen molar-refractivity contribution in [3.63, 3.8) is 0 Å². The lowest BCUT2D eigenvalue weighted by molar-refractivity contribution is 0.109. The summed E-state index contributed by atoms with van der Waals surface area (Å²) < 4.78 is -0.0700. The van der Waals surface area contributed by atoms with Crippen molar-refractivity contribution >= 4 is 11.8 Å². The minimum atomic E-state index is -0.351. The van der Waals surface area contributed by atoms with Crippen molar-refractivity contribution in [2.24, 2.45) is 0 Å². The van der Waals surface area contributed by atoms with Crippen LogP contribution in [0.4, 0.5) is 0 Å². The molecule has 2 N–H and O–H groups in total. The minimum absolute atomic E-state index is 0.0472. The van der Waals surface area contributed by atoms with Crippen LogP contribution < -0.4 is 0 Å². The Morgan fingerprint density at radius 1 is 1.10 bits per heavy atom. The molecule has 0 bridgehead atoms. The second-order valence-corrected chi connectivity index (χ2v) is 6.93. The molecule has 2 nitrogen and oxygen atoms in total. The molecule has 1 unspecified atom stereocenters. The van der Waals surface area contributed by atoms with Gasteiger partial charge in [0, 0.05) is 9.64 Å². The summed E-state index contributed by atoms with van der Waals surface area (Å²) in [5, 5.41) is 19.5. The summed E-state index contributed by atoms with van der Waals surface area (Å²) in [5.74, 6) is 0. The van der Waals surface area contributed by atoms with Crippen LogP contribution in [0.1, 0.15) is 38.5 Å². The van der Waals surface area contributed by atoms with Gasteiger partial charge in [-0.05, 0) is 31.4 Å². The maximum absolute atomic E-state index is 10.7. The molecule has 0 spiro atoms. The van der Waals surface area contributed by atoms with Gasteiger partial charge >= 0.3 is 0 Å². The third kappa shape index (κ3) is 4.11. The molecule has 0 aromatic heterocycles. The van der Waals surface area contributed by atoms with Crippen LogP contribution in [-0.4, -0.2) is 27.7 Å². The van der Waals surface area contributed by atoms with E-state index in [9.17, 15) is 5.11 Å². The number of hydrogen-bond donors (Lipinski definition) is 2. The molecule has 3 heteroatoms. The summed E-state index contributed by atoms with van der Waals surface area (Å²) in [5.41, 5.74) is 0. The average Bonchev–Trinajstić information content (AvgIpc) is 2.49. The van der Waals surface area contributed by atoms with Crippen molar-refractivity contribution in [2.75, 3.05) is 6.61 Å². The topological polar surface area (TPSA) is 40.5 Å². The standard InChI is InChI=1S/C17H24O2S/c18-14-8-5-11-16(19)17(12-6-2-7-13-17)20-15-9-3-1-4-10-15/h1,3-5,8-10,16,18-19H,2,6-7,11-14H2/b8-5+. The number of aliphatic hydroxyl groups excluding tert-OH is 2. The molecule has 1 aromatic carbocycles. The molecule has 0 radical (unpaired) electrons. The van der Waals surface area contributed by atoms with Crippen LogP contribution in [0.25, 0.3) is 0 Å². The fourth-order valence-corrected chi connectivity index (χ4v) is 4.38. The Hall–Kier alpha value is -0.770. The molecule has 0 heterocycles. The van der Waals surface area contributed by atoms with Gasteiger partial charge in [-0.15, -0.1) is 11.8 Å². The van der Waals surface area contributed by atoms with Crippen LogP contribution in [-0.2, 0) is 0 Å². The molecule has 20 heavy (non-hydrogen) atoms. The molecule has 1 atom stereocenters. The van der Waals surface area contributed by atoms with E-state index < -0.39 is 0 Å². The summed E-state index contributed by atoms with van der Waals surface area (Å²) in [6, 6.07) is 10.4. The first-order valence-corrected chi connectivity index (χ1v) is 8.26. The monoisotopic (exact) mass is 292 g/mol. The maximum atomic E-state index is 10.7.